The van der Waals surface area contributed by atoms with Gasteiger partial charge in [-0.25, -0.2) is 4.79 Å². The first-order valence-electron chi connectivity index (χ1n) is 5.90. The van der Waals surface area contributed by atoms with Crippen LogP contribution < -0.4 is 0 Å². The molecule has 0 atom stereocenters. The van der Waals surface area contributed by atoms with Gasteiger partial charge in [-0.05, 0) is 17.7 Å². The van der Waals surface area contributed by atoms with E-state index in [0.717, 1.165) is 5.56 Å². The lowest BCUT2D eigenvalue weighted by molar-refractivity contribution is -0.137. The van der Waals surface area contributed by atoms with Gasteiger partial charge in [-0.2, -0.15) is 0 Å². The van der Waals surface area contributed by atoms with Gasteiger partial charge < -0.3 is 10.2 Å². The predicted molar refractivity (Wildman–Crippen MR) is 71.1 cm³/mol. The van der Waals surface area contributed by atoms with Crippen molar-refractivity contribution in [2.24, 2.45) is 0 Å². The van der Waals surface area contributed by atoms with Crippen LogP contribution in [0.3, 0.4) is 0 Å². The van der Waals surface area contributed by atoms with Gasteiger partial charge in [-0.3, -0.25) is 9.69 Å². The van der Waals surface area contributed by atoms with Crippen molar-refractivity contribution < 1.29 is 19.8 Å². The molecule has 0 aromatic heterocycles. The zero-order valence-corrected chi connectivity index (χ0v) is 10.6. The third kappa shape index (κ3) is 5.35. The largest absolute Gasteiger partial charge is 0.481 e. The van der Waals surface area contributed by atoms with Gasteiger partial charge in [-0.1, -0.05) is 18.2 Å². The maximum absolute atomic E-state index is 10.9. The minimum atomic E-state index is -0.970. The summed E-state index contributed by atoms with van der Waals surface area (Å²) in [6.45, 7) is 5.09. The molecular weight excluding hydrogens is 246 g/mol. The first-order chi connectivity index (χ1) is 9.02. The molecule has 0 aliphatic rings. The Morgan fingerprint density at radius 3 is 2.63 bits per heavy atom. The second kappa shape index (κ2) is 7.33. The predicted octanol–water partition coefficient (Wildman–Crippen LogP) is 1.85. The number of nitrogens with zero attached hydrogens (tertiary/aromatic N) is 1. The third-order valence-corrected chi connectivity index (χ3v) is 2.61. The van der Waals surface area contributed by atoms with E-state index in [0.29, 0.717) is 19.6 Å². The molecule has 0 amide bonds. The number of benzene rings is 1. The molecule has 0 saturated carbocycles. The Morgan fingerprint density at radius 2 is 2.05 bits per heavy atom. The second-order valence-electron chi connectivity index (χ2n) is 4.17. The fourth-order valence-corrected chi connectivity index (χ4v) is 1.73. The van der Waals surface area contributed by atoms with Crippen LogP contribution in [-0.2, 0) is 11.3 Å². The summed E-state index contributed by atoms with van der Waals surface area (Å²) in [6, 6.07) is 6.63. The SMILES string of the molecule is C=CCN(CCC(=O)O)Cc1cccc(C(=O)O)c1. The van der Waals surface area contributed by atoms with E-state index < -0.39 is 11.9 Å². The van der Waals surface area contributed by atoms with Crippen LogP contribution in [0, 0.1) is 0 Å². The van der Waals surface area contributed by atoms with Crippen molar-refractivity contribution in [1.82, 2.24) is 4.90 Å². The summed E-state index contributed by atoms with van der Waals surface area (Å²) in [7, 11) is 0. The summed E-state index contributed by atoms with van der Waals surface area (Å²) in [5.41, 5.74) is 1.07. The van der Waals surface area contributed by atoms with E-state index in [9.17, 15) is 9.59 Å². The normalized spacial score (nSPS) is 10.4. The van der Waals surface area contributed by atoms with E-state index in [2.05, 4.69) is 6.58 Å². The summed E-state index contributed by atoms with van der Waals surface area (Å²) in [6.07, 6.45) is 1.75. The highest BCUT2D eigenvalue weighted by Crippen LogP contribution is 2.09. The molecule has 5 heteroatoms. The maximum atomic E-state index is 10.9. The van der Waals surface area contributed by atoms with Crippen LogP contribution in [0.5, 0.6) is 0 Å². The number of rotatable bonds is 8. The number of aromatic carboxylic acids is 1. The molecule has 0 heterocycles. The molecule has 0 radical (unpaired) electrons. The molecule has 0 unspecified atom stereocenters. The van der Waals surface area contributed by atoms with E-state index in [1.165, 1.54) is 6.07 Å². The van der Waals surface area contributed by atoms with Crippen LogP contribution in [0.2, 0.25) is 0 Å². The summed E-state index contributed by atoms with van der Waals surface area (Å²) >= 11 is 0. The lowest BCUT2D eigenvalue weighted by Crippen LogP contribution is -2.26. The van der Waals surface area contributed by atoms with Gasteiger partial charge in [0.1, 0.15) is 0 Å². The first kappa shape index (κ1) is 14.9. The number of carboxylic acids is 2. The van der Waals surface area contributed by atoms with Gasteiger partial charge in [-0.15, -0.1) is 6.58 Å². The lowest BCUT2D eigenvalue weighted by Gasteiger charge is -2.19. The number of carbonyl (C=O) groups is 2. The van der Waals surface area contributed by atoms with Gasteiger partial charge >= 0.3 is 11.9 Å². The number of hydrogen-bond acceptors (Lipinski definition) is 3. The molecule has 1 aromatic carbocycles. The number of aliphatic carboxylic acids is 1. The summed E-state index contributed by atoms with van der Waals surface area (Å²) in [5.74, 6) is -1.82. The molecule has 0 fully saturated rings. The fourth-order valence-electron chi connectivity index (χ4n) is 1.73. The Hall–Kier alpha value is -2.14. The van der Waals surface area contributed by atoms with Crippen LogP contribution in [0.4, 0.5) is 0 Å². The molecule has 0 bridgehead atoms. The van der Waals surface area contributed by atoms with Crippen molar-refractivity contribution in [1.29, 1.82) is 0 Å². The molecule has 19 heavy (non-hydrogen) atoms. The number of carboxylic acid groups (broad SMARTS) is 2. The fraction of sp³-hybridized carbons (Fsp3) is 0.286. The first-order valence-corrected chi connectivity index (χ1v) is 5.90. The minimum Gasteiger partial charge on any atom is -0.481 e. The Morgan fingerprint density at radius 1 is 1.32 bits per heavy atom. The van der Waals surface area contributed by atoms with Crippen molar-refractivity contribution in [2.75, 3.05) is 13.1 Å². The Kier molecular flexibility index (Phi) is 5.75. The van der Waals surface area contributed by atoms with Crippen molar-refractivity contribution in [3.05, 3.63) is 48.0 Å². The van der Waals surface area contributed by atoms with Gasteiger partial charge in [0, 0.05) is 19.6 Å². The molecule has 5 nitrogen and oxygen atoms in total. The maximum Gasteiger partial charge on any atom is 0.335 e. The molecular formula is C14H17NO4. The molecule has 2 N–H and O–H groups in total. The van der Waals surface area contributed by atoms with Crippen molar-refractivity contribution in [3.63, 3.8) is 0 Å². The van der Waals surface area contributed by atoms with E-state index in [1.807, 2.05) is 11.0 Å². The Balaban J connectivity index is 2.72. The molecule has 1 aromatic rings. The van der Waals surface area contributed by atoms with Crippen LogP contribution in [0.25, 0.3) is 0 Å². The zero-order chi connectivity index (χ0) is 14.3. The summed E-state index contributed by atoms with van der Waals surface area (Å²) in [4.78, 5) is 23.4. The highest BCUT2D eigenvalue weighted by atomic mass is 16.4. The minimum absolute atomic E-state index is 0.0481. The van der Waals surface area contributed by atoms with Crippen LogP contribution >= 0.6 is 0 Å². The molecule has 1 rings (SSSR count). The Bertz CT molecular complexity index is 470. The number of hydrogen-bond donors (Lipinski definition) is 2. The summed E-state index contributed by atoms with van der Waals surface area (Å²) in [5, 5.41) is 17.6. The van der Waals surface area contributed by atoms with Crippen LogP contribution in [0.1, 0.15) is 22.3 Å². The quantitative estimate of drug-likeness (QED) is 0.700. The van der Waals surface area contributed by atoms with E-state index in [4.69, 9.17) is 10.2 Å². The monoisotopic (exact) mass is 263 g/mol. The van der Waals surface area contributed by atoms with Gasteiger partial charge in [0.2, 0.25) is 0 Å². The van der Waals surface area contributed by atoms with E-state index >= 15 is 0 Å². The van der Waals surface area contributed by atoms with E-state index in [1.54, 1.807) is 18.2 Å². The molecule has 0 saturated heterocycles. The Labute approximate surface area is 111 Å². The molecule has 102 valence electrons. The van der Waals surface area contributed by atoms with Gasteiger partial charge in [0.25, 0.3) is 0 Å². The van der Waals surface area contributed by atoms with Gasteiger partial charge in [0.05, 0.1) is 12.0 Å². The highest BCUT2D eigenvalue weighted by Gasteiger charge is 2.09. The van der Waals surface area contributed by atoms with Crippen molar-refractivity contribution in [3.8, 4) is 0 Å². The summed E-state index contributed by atoms with van der Waals surface area (Å²) < 4.78 is 0. The lowest BCUT2D eigenvalue weighted by atomic mass is 10.1. The zero-order valence-electron chi connectivity index (χ0n) is 10.6. The van der Waals surface area contributed by atoms with Crippen molar-refractivity contribution in [2.45, 2.75) is 13.0 Å². The average molecular weight is 263 g/mol. The van der Waals surface area contributed by atoms with Gasteiger partial charge in [0.15, 0.2) is 0 Å². The molecule has 0 aliphatic heterocycles. The van der Waals surface area contributed by atoms with E-state index in [-0.39, 0.29) is 12.0 Å². The molecule has 0 aliphatic carbocycles. The standard InChI is InChI=1S/C14H17NO4/c1-2-7-15(8-6-13(16)17)10-11-4-3-5-12(9-11)14(18)19/h2-5,9H,1,6-8,10H2,(H,16,17)(H,18,19). The van der Waals surface area contributed by atoms with Crippen molar-refractivity contribution >= 4 is 11.9 Å². The average Bonchev–Trinajstić information content (AvgIpc) is 2.36. The van der Waals surface area contributed by atoms with Crippen LogP contribution in [0.15, 0.2) is 36.9 Å². The topological polar surface area (TPSA) is 77.8 Å². The van der Waals surface area contributed by atoms with Crippen LogP contribution in [-0.4, -0.2) is 40.1 Å². The smallest absolute Gasteiger partial charge is 0.335 e. The molecule has 0 spiro atoms. The third-order valence-electron chi connectivity index (χ3n) is 2.61. The second-order valence-corrected chi connectivity index (χ2v) is 4.17. The highest BCUT2D eigenvalue weighted by molar-refractivity contribution is 5.87.